The van der Waals surface area contributed by atoms with E-state index in [1.165, 1.54) is 5.69 Å². The molecule has 0 aromatic heterocycles. The Balaban J connectivity index is 1.50. The lowest BCUT2D eigenvalue weighted by Crippen LogP contribution is -2.43. The number of nitrogen functional groups attached to an aromatic ring is 1. The Morgan fingerprint density at radius 1 is 0.893 bits per heavy atom. The predicted molar refractivity (Wildman–Crippen MR) is 116 cm³/mol. The Bertz CT molecular complexity index is 945. The topological polar surface area (TPSA) is 58.4 Å². The van der Waals surface area contributed by atoms with E-state index >= 15 is 0 Å². The minimum absolute atomic E-state index is 0.0868. The second kappa shape index (κ2) is 8.28. The van der Waals surface area contributed by atoms with Gasteiger partial charge in [0.2, 0.25) is 0 Å². The molecule has 3 aromatic carbocycles. The van der Waals surface area contributed by atoms with E-state index in [2.05, 4.69) is 22.3 Å². The van der Waals surface area contributed by atoms with Crippen LogP contribution in [-0.2, 0) is 6.42 Å². The molecule has 1 aliphatic heterocycles. The number of benzene rings is 3. The van der Waals surface area contributed by atoms with Crippen LogP contribution in [0, 0.1) is 0 Å². The van der Waals surface area contributed by atoms with E-state index in [0.29, 0.717) is 12.1 Å². The summed E-state index contributed by atoms with van der Waals surface area (Å²) in [6.07, 6.45) is 0.305. The van der Waals surface area contributed by atoms with Crippen molar-refractivity contribution in [1.82, 2.24) is 5.32 Å². The number of ketones is 1. The maximum absolute atomic E-state index is 12.8. The van der Waals surface area contributed by atoms with Gasteiger partial charge in [0, 0.05) is 49.5 Å². The molecule has 4 nitrogen and oxygen atoms in total. The highest BCUT2D eigenvalue weighted by atomic mass is 16.1. The molecule has 0 spiro atoms. The molecule has 28 heavy (non-hydrogen) atoms. The van der Waals surface area contributed by atoms with Gasteiger partial charge in [-0.2, -0.15) is 0 Å². The molecule has 0 radical (unpaired) electrons. The van der Waals surface area contributed by atoms with E-state index in [-0.39, 0.29) is 5.78 Å². The van der Waals surface area contributed by atoms with Gasteiger partial charge in [0.15, 0.2) is 5.78 Å². The SMILES string of the molecule is Nc1ccc(-c2ccccc2)cc1CC(=O)c1ccc(N2CCNCC2)cc1. The highest BCUT2D eigenvalue weighted by molar-refractivity contribution is 5.98. The van der Waals surface area contributed by atoms with Gasteiger partial charge in [-0.15, -0.1) is 0 Å². The molecular weight excluding hydrogens is 346 g/mol. The summed E-state index contributed by atoms with van der Waals surface area (Å²) in [7, 11) is 0. The van der Waals surface area contributed by atoms with E-state index in [4.69, 9.17) is 5.73 Å². The Labute approximate surface area is 166 Å². The molecule has 1 aliphatic rings. The van der Waals surface area contributed by atoms with Crippen molar-refractivity contribution in [1.29, 1.82) is 0 Å². The van der Waals surface area contributed by atoms with Crippen LogP contribution in [0.3, 0.4) is 0 Å². The average molecular weight is 371 g/mol. The van der Waals surface area contributed by atoms with Crippen molar-refractivity contribution in [2.75, 3.05) is 36.8 Å². The summed E-state index contributed by atoms with van der Waals surface area (Å²) in [5, 5.41) is 3.36. The number of hydrogen-bond donors (Lipinski definition) is 2. The minimum Gasteiger partial charge on any atom is -0.398 e. The number of piperazine rings is 1. The van der Waals surface area contributed by atoms with Crippen molar-refractivity contribution < 1.29 is 4.79 Å². The van der Waals surface area contributed by atoms with E-state index in [0.717, 1.165) is 48.4 Å². The zero-order chi connectivity index (χ0) is 19.3. The standard InChI is InChI=1S/C24H25N3O/c25-23-11-8-20(18-4-2-1-3-5-18)16-21(23)17-24(28)19-6-9-22(10-7-19)27-14-12-26-13-15-27/h1-11,16,26H,12-15,17,25H2. The summed E-state index contributed by atoms with van der Waals surface area (Å²) in [6.45, 7) is 3.99. The van der Waals surface area contributed by atoms with Gasteiger partial charge in [-0.05, 0) is 53.1 Å². The smallest absolute Gasteiger partial charge is 0.167 e. The number of nitrogens with one attached hydrogen (secondary N) is 1. The fraction of sp³-hybridized carbons (Fsp3) is 0.208. The molecule has 3 aromatic rings. The quantitative estimate of drug-likeness (QED) is 0.529. The van der Waals surface area contributed by atoms with Crippen LogP contribution in [0.4, 0.5) is 11.4 Å². The number of Topliss-reactive ketones (excluding diaryl/α,β-unsaturated/α-hetero) is 1. The summed E-state index contributed by atoms with van der Waals surface area (Å²) < 4.78 is 0. The fourth-order valence-corrected chi connectivity index (χ4v) is 3.63. The molecule has 4 rings (SSSR count). The molecule has 0 aliphatic carbocycles. The van der Waals surface area contributed by atoms with Crippen LogP contribution in [-0.4, -0.2) is 32.0 Å². The fourth-order valence-electron chi connectivity index (χ4n) is 3.63. The lowest BCUT2D eigenvalue weighted by molar-refractivity contribution is 0.0993. The third-order valence-corrected chi connectivity index (χ3v) is 5.27. The van der Waals surface area contributed by atoms with Crippen LogP contribution in [0.1, 0.15) is 15.9 Å². The molecule has 0 bridgehead atoms. The largest absolute Gasteiger partial charge is 0.398 e. The number of rotatable bonds is 5. The molecule has 1 fully saturated rings. The summed E-state index contributed by atoms with van der Waals surface area (Å²) >= 11 is 0. The number of nitrogens with two attached hydrogens (primary N) is 1. The predicted octanol–water partition coefficient (Wildman–Crippen LogP) is 3.77. The van der Waals surface area contributed by atoms with Crippen LogP contribution in [0.25, 0.3) is 11.1 Å². The van der Waals surface area contributed by atoms with Crippen LogP contribution in [0.15, 0.2) is 72.8 Å². The first-order valence-corrected chi connectivity index (χ1v) is 9.73. The van der Waals surface area contributed by atoms with Crippen molar-refractivity contribution in [2.24, 2.45) is 0 Å². The number of carbonyl (C=O) groups excluding carboxylic acids is 1. The van der Waals surface area contributed by atoms with Gasteiger partial charge in [-0.3, -0.25) is 4.79 Å². The normalized spacial score (nSPS) is 14.1. The molecule has 0 unspecified atom stereocenters. The molecule has 1 heterocycles. The Morgan fingerprint density at radius 2 is 1.61 bits per heavy atom. The van der Waals surface area contributed by atoms with Gasteiger partial charge in [-0.1, -0.05) is 36.4 Å². The number of nitrogens with zero attached hydrogens (tertiary/aromatic N) is 1. The van der Waals surface area contributed by atoms with Gasteiger partial charge in [-0.25, -0.2) is 0 Å². The summed E-state index contributed by atoms with van der Waals surface area (Å²) in [5.74, 6) is 0.0868. The van der Waals surface area contributed by atoms with Crippen LogP contribution < -0.4 is 16.0 Å². The van der Waals surface area contributed by atoms with E-state index < -0.39 is 0 Å². The van der Waals surface area contributed by atoms with Gasteiger partial charge in [0.25, 0.3) is 0 Å². The molecule has 142 valence electrons. The summed E-state index contributed by atoms with van der Waals surface area (Å²) in [5.41, 5.74) is 11.8. The van der Waals surface area contributed by atoms with Crippen molar-refractivity contribution >= 4 is 17.2 Å². The van der Waals surface area contributed by atoms with Crippen molar-refractivity contribution in [2.45, 2.75) is 6.42 Å². The van der Waals surface area contributed by atoms with E-state index in [1.54, 1.807) is 0 Å². The van der Waals surface area contributed by atoms with Gasteiger partial charge < -0.3 is 16.0 Å². The van der Waals surface area contributed by atoms with Crippen LogP contribution >= 0.6 is 0 Å². The van der Waals surface area contributed by atoms with Gasteiger partial charge in [0.05, 0.1) is 0 Å². The maximum Gasteiger partial charge on any atom is 0.167 e. The first-order chi connectivity index (χ1) is 13.7. The Morgan fingerprint density at radius 3 is 2.32 bits per heavy atom. The molecule has 0 saturated carbocycles. The first-order valence-electron chi connectivity index (χ1n) is 9.73. The molecule has 4 heteroatoms. The number of hydrogen-bond acceptors (Lipinski definition) is 4. The lowest BCUT2D eigenvalue weighted by atomic mass is 9.97. The van der Waals surface area contributed by atoms with E-state index in [9.17, 15) is 4.79 Å². The lowest BCUT2D eigenvalue weighted by Gasteiger charge is -2.29. The van der Waals surface area contributed by atoms with Crippen molar-refractivity contribution in [3.05, 3.63) is 83.9 Å². The van der Waals surface area contributed by atoms with Gasteiger partial charge in [0.1, 0.15) is 0 Å². The summed E-state index contributed by atoms with van der Waals surface area (Å²) in [4.78, 5) is 15.2. The maximum atomic E-state index is 12.8. The molecular formula is C24H25N3O. The third-order valence-electron chi connectivity index (χ3n) is 5.27. The van der Waals surface area contributed by atoms with Crippen LogP contribution in [0.5, 0.6) is 0 Å². The average Bonchev–Trinajstić information content (AvgIpc) is 2.76. The molecule has 3 N–H and O–H groups in total. The van der Waals surface area contributed by atoms with Crippen molar-refractivity contribution in [3.63, 3.8) is 0 Å². The highest BCUT2D eigenvalue weighted by Crippen LogP contribution is 2.25. The molecule has 0 amide bonds. The van der Waals surface area contributed by atoms with E-state index in [1.807, 2.05) is 60.7 Å². The molecule has 0 atom stereocenters. The molecule has 1 saturated heterocycles. The second-order valence-corrected chi connectivity index (χ2v) is 7.16. The number of carbonyl (C=O) groups is 1. The Kier molecular flexibility index (Phi) is 5.40. The number of anilines is 2. The zero-order valence-electron chi connectivity index (χ0n) is 15.9. The third kappa shape index (κ3) is 4.07. The highest BCUT2D eigenvalue weighted by Gasteiger charge is 2.13. The summed E-state index contributed by atoms with van der Waals surface area (Å²) in [6, 6.07) is 24.0. The van der Waals surface area contributed by atoms with Crippen LogP contribution in [0.2, 0.25) is 0 Å². The second-order valence-electron chi connectivity index (χ2n) is 7.16. The zero-order valence-corrected chi connectivity index (χ0v) is 15.9. The Hall–Kier alpha value is -3.11. The monoisotopic (exact) mass is 371 g/mol. The van der Waals surface area contributed by atoms with Crippen molar-refractivity contribution in [3.8, 4) is 11.1 Å². The first kappa shape index (κ1) is 18.3. The minimum atomic E-state index is 0.0868. The van der Waals surface area contributed by atoms with Gasteiger partial charge >= 0.3 is 0 Å².